The zero-order valence-corrected chi connectivity index (χ0v) is 15.4. The molecule has 128 valence electrons. The average molecular weight is 364 g/mol. The molecule has 0 radical (unpaired) electrons. The fraction of sp³-hybridized carbons (Fsp3) is 0.353. The molecule has 0 saturated carbocycles. The van der Waals surface area contributed by atoms with Crippen LogP contribution in [0.2, 0.25) is 0 Å². The fourth-order valence-electron chi connectivity index (χ4n) is 2.14. The van der Waals surface area contributed by atoms with Crippen molar-refractivity contribution < 1.29 is 9.59 Å². The van der Waals surface area contributed by atoms with Gasteiger partial charge in [0.1, 0.15) is 6.04 Å². The molecule has 1 aromatic heterocycles. The van der Waals surface area contributed by atoms with Gasteiger partial charge in [-0.1, -0.05) is 30.3 Å². The van der Waals surface area contributed by atoms with Crippen LogP contribution in [-0.4, -0.2) is 29.6 Å². The number of amides is 2. The minimum absolute atomic E-state index is 0.130. The largest absolute Gasteiger partial charge is 0.357 e. The molecule has 1 aromatic carbocycles. The zero-order valence-electron chi connectivity index (χ0n) is 13.7. The van der Waals surface area contributed by atoms with E-state index in [1.54, 1.807) is 30.1 Å². The standard InChI is InChI=1S/C17H21N3O2S2/c1-12-19-14(11-24-12)10-23-9-8-15(21)20-16(17(22)18-2)13-6-4-3-5-7-13/h3-7,11,16H,8-10H2,1-2H3,(H,18,22)(H,20,21)/t16-/m0/s1. The van der Waals surface area contributed by atoms with E-state index in [9.17, 15) is 9.59 Å². The first-order chi connectivity index (χ1) is 11.6. The highest BCUT2D eigenvalue weighted by atomic mass is 32.2. The van der Waals surface area contributed by atoms with E-state index in [0.717, 1.165) is 22.0 Å². The number of carbonyl (C=O) groups is 2. The maximum Gasteiger partial charge on any atom is 0.246 e. The van der Waals surface area contributed by atoms with Gasteiger partial charge in [-0.05, 0) is 12.5 Å². The first-order valence-electron chi connectivity index (χ1n) is 7.65. The molecule has 5 nitrogen and oxygen atoms in total. The van der Waals surface area contributed by atoms with Crippen LogP contribution >= 0.6 is 23.1 Å². The SMILES string of the molecule is CNC(=O)[C@@H](NC(=O)CCSCc1csc(C)n1)c1ccccc1. The second kappa shape index (κ2) is 9.44. The lowest BCUT2D eigenvalue weighted by atomic mass is 10.1. The number of hydrogen-bond donors (Lipinski definition) is 2. The molecule has 2 aromatic rings. The summed E-state index contributed by atoms with van der Waals surface area (Å²) in [4.78, 5) is 28.6. The van der Waals surface area contributed by atoms with Gasteiger partial charge in [-0.2, -0.15) is 11.8 Å². The van der Waals surface area contributed by atoms with Gasteiger partial charge in [0, 0.05) is 30.4 Å². The summed E-state index contributed by atoms with van der Waals surface area (Å²) in [5.41, 5.74) is 1.83. The van der Waals surface area contributed by atoms with E-state index >= 15 is 0 Å². The first kappa shape index (κ1) is 18.5. The molecule has 1 heterocycles. The molecule has 1 atom stereocenters. The van der Waals surface area contributed by atoms with Gasteiger partial charge in [0.05, 0.1) is 10.7 Å². The number of nitrogens with zero attached hydrogens (tertiary/aromatic N) is 1. The Morgan fingerprint density at radius 1 is 1.29 bits per heavy atom. The van der Waals surface area contributed by atoms with Crippen LogP contribution in [-0.2, 0) is 15.3 Å². The molecule has 0 bridgehead atoms. The molecule has 0 unspecified atom stereocenters. The lowest BCUT2D eigenvalue weighted by Gasteiger charge is -2.17. The van der Waals surface area contributed by atoms with Gasteiger partial charge in [0.25, 0.3) is 0 Å². The molecule has 0 saturated heterocycles. The lowest BCUT2D eigenvalue weighted by molar-refractivity contribution is -0.128. The van der Waals surface area contributed by atoms with Crippen LogP contribution in [0.25, 0.3) is 0 Å². The molecule has 0 spiro atoms. The van der Waals surface area contributed by atoms with E-state index in [1.165, 1.54) is 0 Å². The van der Waals surface area contributed by atoms with Crippen molar-refractivity contribution >= 4 is 34.9 Å². The van der Waals surface area contributed by atoms with E-state index in [-0.39, 0.29) is 11.8 Å². The molecule has 2 N–H and O–H groups in total. The Balaban J connectivity index is 1.81. The van der Waals surface area contributed by atoms with Crippen LogP contribution in [0, 0.1) is 6.92 Å². The van der Waals surface area contributed by atoms with Gasteiger partial charge < -0.3 is 10.6 Å². The average Bonchev–Trinajstić information content (AvgIpc) is 3.02. The summed E-state index contributed by atoms with van der Waals surface area (Å²) in [6, 6.07) is 8.59. The summed E-state index contributed by atoms with van der Waals surface area (Å²) in [6.07, 6.45) is 0.369. The molecule has 2 amide bonds. The molecule has 0 aliphatic rings. The number of nitrogens with one attached hydrogen (secondary N) is 2. The highest BCUT2D eigenvalue weighted by molar-refractivity contribution is 7.98. The number of likely N-dealkylation sites (N-methyl/N-ethyl adjacent to an activating group) is 1. The molecule has 0 aliphatic carbocycles. The Hall–Kier alpha value is -1.86. The Morgan fingerprint density at radius 2 is 2.04 bits per heavy atom. The maximum atomic E-state index is 12.1. The minimum Gasteiger partial charge on any atom is -0.357 e. The topological polar surface area (TPSA) is 71.1 Å². The number of thiazole rings is 1. The fourth-order valence-corrected chi connectivity index (χ4v) is 3.69. The monoisotopic (exact) mass is 363 g/mol. The number of benzene rings is 1. The van der Waals surface area contributed by atoms with Crippen LogP contribution in [0.1, 0.15) is 28.7 Å². The number of aryl methyl sites for hydroxylation is 1. The van der Waals surface area contributed by atoms with Crippen molar-refractivity contribution in [3.05, 3.63) is 52.0 Å². The van der Waals surface area contributed by atoms with Crippen LogP contribution in [0.5, 0.6) is 0 Å². The smallest absolute Gasteiger partial charge is 0.246 e. The predicted molar refractivity (Wildman–Crippen MR) is 99.0 cm³/mol. The van der Waals surface area contributed by atoms with Crippen LogP contribution in [0.4, 0.5) is 0 Å². The lowest BCUT2D eigenvalue weighted by Crippen LogP contribution is -2.39. The van der Waals surface area contributed by atoms with Crippen LogP contribution in [0.15, 0.2) is 35.7 Å². The van der Waals surface area contributed by atoms with Crippen molar-refractivity contribution in [2.24, 2.45) is 0 Å². The van der Waals surface area contributed by atoms with E-state index in [2.05, 4.69) is 15.6 Å². The molecule has 0 aliphatic heterocycles. The van der Waals surface area contributed by atoms with Crippen molar-refractivity contribution in [1.29, 1.82) is 0 Å². The van der Waals surface area contributed by atoms with Crippen molar-refractivity contribution in [3.8, 4) is 0 Å². The van der Waals surface area contributed by atoms with Gasteiger partial charge in [-0.3, -0.25) is 9.59 Å². The van der Waals surface area contributed by atoms with Crippen LogP contribution < -0.4 is 10.6 Å². The summed E-state index contributed by atoms with van der Waals surface area (Å²) in [6.45, 7) is 1.98. The van der Waals surface area contributed by atoms with Crippen LogP contribution in [0.3, 0.4) is 0 Å². The zero-order chi connectivity index (χ0) is 17.4. The predicted octanol–water partition coefficient (Wildman–Crippen LogP) is 2.68. The third-order valence-corrected chi connectivity index (χ3v) is 5.15. The molecule has 0 fully saturated rings. The van der Waals surface area contributed by atoms with Gasteiger partial charge in [0.15, 0.2) is 0 Å². The van der Waals surface area contributed by atoms with Gasteiger partial charge in [-0.15, -0.1) is 11.3 Å². The van der Waals surface area contributed by atoms with Crippen molar-refractivity contribution in [2.45, 2.75) is 25.1 Å². The Morgan fingerprint density at radius 3 is 2.67 bits per heavy atom. The summed E-state index contributed by atoms with van der Waals surface area (Å²) in [5, 5.41) is 8.50. The molecular formula is C17H21N3O2S2. The normalized spacial score (nSPS) is 11.8. The Labute approximate surface area is 150 Å². The summed E-state index contributed by atoms with van der Waals surface area (Å²) < 4.78 is 0. The molecule has 24 heavy (non-hydrogen) atoms. The highest BCUT2D eigenvalue weighted by Crippen LogP contribution is 2.17. The van der Waals surface area contributed by atoms with E-state index < -0.39 is 6.04 Å². The second-order valence-electron chi connectivity index (χ2n) is 5.19. The van der Waals surface area contributed by atoms with Crippen molar-refractivity contribution in [3.63, 3.8) is 0 Å². The summed E-state index contributed by atoms with van der Waals surface area (Å²) in [7, 11) is 1.57. The number of thioether (sulfide) groups is 1. The van der Waals surface area contributed by atoms with E-state index in [1.807, 2.05) is 42.6 Å². The third kappa shape index (κ3) is 5.65. The number of rotatable bonds is 8. The quantitative estimate of drug-likeness (QED) is 0.708. The Kier molecular flexibility index (Phi) is 7.27. The number of hydrogen-bond acceptors (Lipinski definition) is 5. The van der Waals surface area contributed by atoms with Gasteiger partial charge in [0.2, 0.25) is 11.8 Å². The van der Waals surface area contributed by atoms with E-state index in [0.29, 0.717) is 12.2 Å². The number of aromatic nitrogens is 1. The molecule has 2 rings (SSSR count). The third-order valence-electron chi connectivity index (χ3n) is 3.34. The summed E-state index contributed by atoms with van der Waals surface area (Å²) >= 11 is 3.30. The highest BCUT2D eigenvalue weighted by Gasteiger charge is 2.21. The molecule has 7 heteroatoms. The Bertz CT molecular complexity index is 673. The number of carbonyl (C=O) groups excluding carboxylic acids is 2. The minimum atomic E-state index is -0.658. The van der Waals surface area contributed by atoms with Crippen molar-refractivity contribution in [1.82, 2.24) is 15.6 Å². The van der Waals surface area contributed by atoms with Gasteiger partial charge >= 0.3 is 0 Å². The van der Waals surface area contributed by atoms with E-state index in [4.69, 9.17) is 0 Å². The second-order valence-corrected chi connectivity index (χ2v) is 7.35. The molecular weight excluding hydrogens is 342 g/mol. The van der Waals surface area contributed by atoms with Crippen molar-refractivity contribution in [2.75, 3.05) is 12.8 Å². The van der Waals surface area contributed by atoms with Gasteiger partial charge in [-0.25, -0.2) is 4.98 Å². The maximum absolute atomic E-state index is 12.1. The first-order valence-corrected chi connectivity index (χ1v) is 9.68. The summed E-state index contributed by atoms with van der Waals surface area (Å²) in [5.74, 6) is 1.14.